The van der Waals surface area contributed by atoms with E-state index in [1.807, 2.05) is 37.3 Å². The minimum atomic E-state index is -0.227. The van der Waals surface area contributed by atoms with Gasteiger partial charge in [0.05, 0.1) is 6.04 Å². The van der Waals surface area contributed by atoms with Crippen molar-refractivity contribution in [1.29, 1.82) is 0 Å². The maximum Gasteiger partial charge on any atom is 0.247 e. The molecule has 2 aromatic carbocycles. The average molecular weight is 390 g/mol. The second kappa shape index (κ2) is 8.34. The van der Waals surface area contributed by atoms with Crippen molar-refractivity contribution in [3.05, 3.63) is 70.0 Å². The molecule has 3 rings (SSSR count). The smallest absolute Gasteiger partial charge is 0.247 e. The van der Waals surface area contributed by atoms with Gasteiger partial charge in [0, 0.05) is 28.5 Å². The number of hydrogen-bond acceptors (Lipinski definition) is 4. The van der Waals surface area contributed by atoms with Crippen LogP contribution in [-0.2, 0) is 11.2 Å². The van der Waals surface area contributed by atoms with E-state index in [1.165, 1.54) is 0 Å². The highest BCUT2D eigenvalue weighted by atomic mass is 35.5. The molecule has 0 radical (unpaired) electrons. The second-order valence-electron chi connectivity index (χ2n) is 5.82. The van der Waals surface area contributed by atoms with Crippen molar-refractivity contribution in [3.8, 4) is 11.5 Å². The van der Waals surface area contributed by atoms with Gasteiger partial charge < -0.3 is 9.73 Å². The zero-order chi connectivity index (χ0) is 18.5. The van der Waals surface area contributed by atoms with Crippen molar-refractivity contribution in [3.63, 3.8) is 0 Å². The van der Waals surface area contributed by atoms with E-state index in [1.54, 1.807) is 18.2 Å². The van der Waals surface area contributed by atoms with Crippen LogP contribution in [0.2, 0.25) is 10.0 Å². The summed E-state index contributed by atoms with van der Waals surface area (Å²) in [5, 5.41) is 12.0. The first-order valence-electron chi connectivity index (χ1n) is 8.15. The third-order valence-electron chi connectivity index (χ3n) is 3.86. The standard InChI is InChI=1S/C19H17Cl2N3O2/c1-12(15-8-7-14(20)11-16(15)21)22-17(25)9-10-18-23-24-19(26-18)13-5-3-2-4-6-13/h2-8,11-12H,9-10H2,1H3,(H,22,25). The number of benzene rings is 2. The molecule has 0 fully saturated rings. The van der Waals surface area contributed by atoms with E-state index in [9.17, 15) is 4.79 Å². The number of nitrogens with one attached hydrogen (secondary N) is 1. The summed E-state index contributed by atoms with van der Waals surface area (Å²) in [5.74, 6) is 0.751. The summed E-state index contributed by atoms with van der Waals surface area (Å²) in [5.41, 5.74) is 1.66. The van der Waals surface area contributed by atoms with Crippen molar-refractivity contribution in [2.24, 2.45) is 0 Å². The lowest BCUT2D eigenvalue weighted by Crippen LogP contribution is -2.27. The number of halogens is 2. The van der Waals surface area contributed by atoms with Crippen LogP contribution < -0.4 is 5.32 Å². The lowest BCUT2D eigenvalue weighted by molar-refractivity contribution is -0.121. The van der Waals surface area contributed by atoms with Gasteiger partial charge in [-0.1, -0.05) is 47.5 Å². The molecule has 134 valence electrons. The van der Waals surface area contributed by atoms with Crippen molar-refractivity contribution in [2.45, 2.75) is 25.8 Å². The number of rotatable bonds is 6. The van der Waals surface area contributed by atoms with Gasteiger partial charge in [-0.15, -0.1) is 10.2 Å². The molecule has 0 saturated heterocycles. The van der Waals surface area contributed by atoms with Crippen LogP contribution in [0.5, 0.6) is 0 Å². The fourth-order valence-corrected chi connectivity index (χ4v) is 3.09. The Balaban J connectivity index is 1.55. The summed E-state index contributed by atoms with van der Waals surface area (Å²) in [4.78, 5) is 12.2. The molecule has 1 heterocycles. The Morgan fingerprint density at radius 2 is 1.92 bits per heavy atom. The van der Waals surface area contributed by atoms with Gasteiger partial charge in [-0.25, -0.2) is 0 Å². The Morgan fingerprint density at radius 1 is 1.15 bits per heavy atom. The lowest BCUT2D eigenvalue weighted by atomic mass is 10.1. The zero-order valence-corrected chi connectivity index (χ0v) is 15.6. The molecule has 1 aromatic heterocycles. The Labute approximate surface area is 161 Å². The van der Waals surface area contributed by atoms with E-state index >= 15 is 0 Å². The van der Waals surface area contributed by atoms with Gasteiger partial charge in [0.25, 0.3) is 0 Å². The zero-order valence-electron chi connectivity index (χ0n) is 14.1. The molecular weight excluding hydrogens is 373 g/mol. The molecule has 0 saturated carbocycles. The minimum Gasteiger partial charge on any atom is -0.421 e. The number of aromatic nitrogens is 2. The Hall–Kier alpha value is -2.37. The molecule has 0 spiro atoms. The molecule has 0 aliphatic carbocycles. The van der Waals surface area contributed by atoms with E-state index in [2.05, 4.69) is 15.5 Å². The molecule has 0 aliphatic rings. The van der Waals surface area contributed by atoms with Crippen LogP contribution in [0.3, 0.4) is 0 Å². The van der Waals surface area contributed by atoms with Gasteiger partial charge in [-0.3, -0.25) is 4.79 Å². The van der Waals surface area contributed by atoms with Crippen LogP contribution in [0.1, 0.15) is 30.8 Å². The molecule has 0 aliphatic heterocycles. The number of carbonyl (C=O) groups excluding carboxylic acids is 1. The molecule has 26 heavy (non-hydrogen) atoms. The largest absolute Gasteiger partial charge is 0.421 e. The highest BCUT2D eigenvalue weighted by Gasteiger charge is 2.15. The summed E-state index contributed by atoms with van der Waals surface area (Å²) in [6.07, 6.45) is 0.610. The van der Waals surface area contributed by atoms with E-state index in [0.29, 0.717) is 28.2 Å². The fourth-order valence-electron chi connectivity index (χ4n) is 2.52. The van der Waals surface area contributed by atoms with Crippen LogP contribution in [0.25, 0.3) is 11.5 Å². The number of aryl methyl sites for hydroxylation is 1. The Kier molecular flexibility index (Phi) is 5.91. The number of hydrogen-bond donors (Lipinski definition) is 1. The highest BCUT2D eigenvalue weighted by molar-refractivity contribution is 6.35. The maximum absolute atomic E-state index is 12.2. The molecule has 7 heteroatoms. The van der Waals surface area contributed by atoms with Crippen molar-refractivity contribution < 1.29 is 9.21 Å². The molecule has 0 bridgehead atoms. The van der Waals surface area contributed by atoms with Gasteiger partial charge in [0.15, 0.2) is 0 Å². The topological polar surface area (TPSA) is 68.0 Å². The van der Waals surface area contributed by atoms with Crippen molar-refractivity contribution >= 4 is 29.1 Å². The number of nitrogens with zero attached hydrogens (tertiary/aromatic N) is 2. The third-order valence-corrected chi connectivity index (χ3v) is 4.42. The van der Waals surface area contributed by atoms with Crippen molar-refractivity contribution in [2.75, 3.05) is 0 Å². The quantitative estimate of drug-likeness (QED) is 0.653. The minimum absolute atomic E-state index is 0.122. The van der Waals surface area contributed by atoms with Gasteiger partial charge in [-0.2, -0.15) is 0 Å². The summed E-state index contributed by atoms with van der Waals surface area (Å²) in [6.45, 7) is 1.87. The molecule has 3 aromatic rings. The molecule has 1 amide bonds. The SMILES string of the molecule is CC(NC(=O)CCc1nnc(-c2ccccc2)o1)c1ccc(Cl)cc1Cl. The summed E-state index contributed by atoms with van der Waals surface area (Å²) < 4.78 is 5.60. The first-order chi connectivity index (χ1) is 12.5. The van der Waals surface area contributed by atoms with E-state index in [0.717, 1.165) is 11.1 Å². The van der Waals surface area contributed by atoms with Crippen LogP contribution in [-0.4, -0.2) is 16.1 Å². The summed E-state index contributed by atoms with van der Waals surface area (Å²) >= 11 is 12.1. The second-order valence-corrected chi connectivity index (χ2v) is 6.67. The number of amides is 1. The Bertz CT molecular complexity index is 897. The normalized spacial score (nSPS) is 12.0. The molecule has 1 atom stereocenters. The highest BCUT2D eigenvalue weighted by Crippen LogP contribution is 2.26. The molecule has 1 N–H and O–H groups in total. The molecule has 1 unspecified atom stereocenters. The fraction of sp³-hybridized carbons (Fsp3) is 0.211. The van der Waals surface area contributed by atoms with E-state index in [4.69, 9.17) is 27.6 Å². The van der Waals surface area contributed by atoms with Crippen LogP contribution in [0.4, 0.5) is 0 Å². The average Bonchev–Trinajstić information content (AvgIpc) is 3.09. The molecule has 5 nitrogen and oxygen atoms in total. The van der Waals surface area contributed by atoms with Gasteiger partial charge in [0.1, 0.15) is 0 Å². The monoisotopic (exact) mass is 389 g/mol. The van der Waals surface area contributed by atoms with E-state index < -0.39 is 0 Å². The third kappa shape index (κ3) is 4.62. The number of carbonyl (C=O) groups is 1. The first-order valence-corrected chi connectivity index (χ1v) is 8.90. The van der Waals surface area contributed by atoms with Crippen LogP contribution in [0, 0.1) is 0 Å². The first kappa shape index (κ1) is 18.4. The van der Waals surface area contributed by atoms with Gasteiger partial charge in [-0.05, 0) is 36.8 Å². The van der Waals surface area contributed by atoms with Crippen molar-refractivity contribution in [1.82, 2.24) is 15.5 Å². The Morgan fingerprint density at radius 3 is 2.65 bits per heavy atom. The predicted molar refractivity (Wildman–Crippen MR) is 101 cm³/mol. The van der Waals surface area contributed by atoms with Gasteiger partial charge >= 0.3 is 0 Å². The van der Waals surface area contributed by atoms with Crippen LogP contribution >= 0.6 is 23.2 Å². The molecular formula is C19H17Cl2N3O2. The summed E-state index contributed by atoms with van der Waals surface area (Å²) in [6, 6.07) is 14.5. The summed E-state index contributed by atoms with van der Waals surface area (Å²) in [7, 11) is 0. The maximum atomic E-state index is 12.2. The predicted octanol–water partition coefficient (Wildman–Crippen LogP) is 4.85. The lowest BCUT2D eigenvalue weighted by Gasteiger charge is -2.15. The van der Waals surface area contributed by atoms with Gasteiger partial charge in [0.2, 0.25) is 17.7 Å². The van der Waals surface area contributed by atoms with Crippen LogP contribution in [0.15, 0.2) is 52.9 Å². The van der Waals surface area contributed by atoms with E-state index in [-0.39, 0.29) is 18.4 Å².